The van der Waals surface area contributed by atoms with Gasteiger partial charge in [0.25, 0.3) is 0 Å². The summed E-state index contributed by atoms with van der Waals surface area (Å²) in [6.45, 7) is 9.06. The Labute approximate surface area is 123 Å². The summed E-state index contributed by atoms with van der Waals surface area (Å²) in [7, 11) is 0. The van der Waals surface area contributed by atoms with E-state index >= 15 is 0 Å². The van der Waals surface area contributed by atoms with Crippen LogP contribution in [0.25, 0.3) is 0 Å². The van der Waals surface area contributed by atoms with E-state index in [1.54, 1.807) is 0 Å². The Morgan fingerprint density at radius 3 is 2.30 bits per heavy atom. The van der Waals surface area contributed by atoms with Crippen molar-refractivity contribution < 1.29 is 9.90 Å². The molecule has 118 valence electrons. The second kappa shape index (κ2) is 8.63. The highest BCUT2D eigenvalue weighted by atomic mass is 16.4. The van der Waals surface area contributed by atoms with E-state index in [9.17, 15) is 9.90 Å². The lowest BCUT2D eigenvalue weighted by molar-refractivity contribution is -0.145. The Hall–Kier alpha value is -0.610. The van der Waals surface area contributed by atoms with Gasteiger partial charge >= 0.3 is 5.97 Å². The average Bonchev–Trinajstić information content (AvgIpc) is 2.35. The molecule has 2 N–H and O–H groups in total. The number of nitrogens with one attached hydrogen (secondary N) is 1. The van der Waals surface area contributed by atoms with Gasteiger partial charge in [-0.05, 0) is 59.2 Å². The normalized spacial score (nSPS) is 22.6. The van der Waals surface area contributed by atoms with Crippen LogP contribution in [0, 0.1) is 0 Å². The molecule has 1 fully saturated rings. The van der Waals surface area contributed by atoms with Crippen molar-refractivity contribution in [3.8, 4) is 0 Å². The van der Waals surface area contributed by atoms with Crippen molar-refractivity contribution >= 4 is 5.97 Å². The van der Waals surface area contributed by atoms with Crippen molar-refractivity contribution in [2.24, 2.45) is 0 Å². The number of nitrogens with zero attached hydrogens (tertiary/aromatic N) is 1. The third kappa shape index (κ3) is 5.41. The second-order valence-corrected chi connectivity index (χ2v) is 6.42. The van der Waals surface area contributed by atoms with E-state index in [4.69, 9.17) is 0 Å². The first-order chi connectivity index (χ1) is 9.49. The molecule has 0 amide bonds. The van der Waals surface area contributed by atoms with Gasteiger partial charge in [-0.1, -0.05) is 26.2 Å². The van der Waals surface area contributed by atoms with Crippen LogP contribution in [0.4, 0.5) is 0 Å². The molecule has 0 bridgehead atoms. The fourth-order valence-electron chi connectivity index (χ4n) is 3.07. The molecule has 0 aromatic rings. The van der Waals surface area contributed by atoms with Crippen LogP contribution in [0.3, 0.4) is 0 Å². The van der Waals surface area contributed by atoms with Crippen molar-refractivity contribution in [1.82, 2.24) is 10.2 Å². The Bertz CT molecular complexity index is 288. The SMILES string of the molecule is CCCNC(C)(CC(C)N1CCCCCCC1)C(=O)O. The molecule has 2 unspecified atom stereocenters. The van der Waals surface area contributed by atoms with Crippen molar-refractivity contribution in [2.75, 3.05) is 19.6 Å². The van der Waals surface area contributed by atoms with Gasteiger partial charge in [0.2, 0.25) is 0 Å². The predicted octanol–water partition coefficient (Wildman–Crippen LogP) is 2.87. The standard InChI is InChI=1S/C16H32N2O2/c1-4-10-17-16(3,15(19)20)13-14(2)18-11-8-6-5-7-9-12-18/h14,17H,4-13H2,1-3H3,(H,19,20). The third-order valence-corrected chi connectivity index (χ3v) is 4.45. The van der Waals surface area contributed by atoms with Gasteiger partial charge in [-0.2, -0.15) is 0 Å². The molecule has 4 nitrogen and oxygen atoms in total. The van der Waals surface area contributed by atoms with Crippen LogP contribution in [0.2, 0.25) is 0 Å². The molecule has 1 aliphatic rings. The molecule has 0 aromatic carbocycles. The van der Waals surface area contributed by atoms with Gasteiger partial charge < -0.3 is 15.3 Å². The van der Waals surface area contributed by atoms with Gasteiger partial charge in [0.15, 0.2) is 0 Å². The van der Waals surface area contributed by atoms with E-state index in [2.05, 4.69) is 24.1 Å². The summed E-state index contributed by atoms with van der Waals surface area (Å²) in [5.74, 6) is -0.732. The van der Waals surface area contributed by atoms with E-state index in [0.29, 0.717) is 12.5 Å². The van der Waals surface area contributed by atoms with Gasteiger partial charge in [0.1, 0.15) is 5.54 Å². The molecule has 1 aliphatic heterocycles. The van der Waals surface area contributed by atoms with E-state index in [-0.39, 0.29) is 0 Å². The molecule has 1 heterocycles. The van der Waals surface area contributed by atoms with Crippen molar-refractivity contribution in [3.05, 3.63) is 0 Å². The van der Waals surface area contributed by atoms with Crippen LogP contribution in [0.5, 0.6) is 0 Å². The highest BCUT2D eigenvalue weighted by Crippen LogP contribution is 2.20. The minimum atomic E-state index is -0.808. The van der Waals surface area contributed by atoms with E-state index < -0.39 is 11.5 Å². The molecule has 0 saturated carbocycles. The molecule has 4 heteroatoms. The summed E-state index contributed by atoms with van der Waals surface area (Å²) in [6.07, 6.45) is 8.10. The van der Waals surface area contributed by atoms with E-state index in [0.717, 1.165) is 26.1 Å². The quantitative estimate of drug-likeness (QED) is 0.755. The zero-order valence-electron chi connectivity index (χ0n) is 13.5. The fourth-order valence-corrected chi connectivity index (χ4v) is 3.07. The molecule has 1 rings (SSSR count). The van der Waals surface area contributed by atoms with Crippen molar-refractivity contribution in [3.63, 3.8) is 0 Å². The first kappa shape index (κ1) is 17.4. The molecule has 0 spiro atoms. The zero-order valence-corrected chi connectivity index (χ0v) is 13.5. The summed E-state index contributed by atoms with van der Waals surface area (Å²) in [5, 5.41) is 12.7. The Balaban J connectivity index is 2.58. The smallest absolute Gasteiger partial charge is 0.323 e. The van der Waals surface area contributed by atoms with Gasteiger partial charge in [0.05, 0.1) is 0 Å². The van der Waals surface area contributed by atoms with Crippen molar-refractivity contribution in [2.45, 2.75) is 77.3 Å². The number of likely N-dealkylation sites (tertiary alicyclic amines) is 1. The van der Waals surface area contributed by atoms with Crippen LogP contribution in [-0.2, 0) is 4.79 Å². The summed E-state index contributed by atoms with van der Waals surface area (Å²) in [4.78, 5) is 14.1. The maximum atomic E-state index is 11.6. The first-order valence-corrected chi connectivity index (χ1v) is 8.22. The number of hydrogen-bond acceptors (Lipinski definition) is 3. The average molecular weight is 284 g/mol. The number of aliphatic carboxylic acids is 1. The number of hydrogen-bond donors (Lipinski definition) is 2. The largest absolute Gasteiger partial charge is 0.480 e. The van der Waals surface area contributed by atoms with Crippen LogP contribution < -0.4 is 5.32 Å². The predicted molar refractivity (Wildman–Crippen MR) is 83.1 cm³/mol. The summed E-state index contributed by atoms with van der Waals surface area (Å²) < 4.78 is 0. The van der Waals surface area contributed by atoms with E-state index in [1.165, 1.54) is 32.1 Å². The summed E-state index contributed by atoms with van der Waals surface area (Å²) in [6, 6.07) is 0.318. The Kier molecular flexibility index (Phi) is 7.52. The van der Waals surface area contributed by atoms with Gasteiger partial charge in [-0.15, -0.1) is 0 Å². The van der Waals surface area contributed by atoms with Gasteiger partial charge in [-0.3, -0.25) is 4.79 Å². The topological polar surface area (TPSA) is 52.6 Å². The monoisotopic (exact) mass is 284 g/mol. The van der Waals surface area contributed by atoms with Crippen LogP contribution >= 0.6 is 0 Å². The number of carbonyl (C=O) groups is 1. The number of rotatable bonds is 7. The molecule has 20 heavy (non-hydrogen) atoms. The molecular formula is C16H32N2O2. The molecule has 2 atom stereocenters. The second-order valence-electron chi connectivity index (χ2n) is 6.42. The lowest BCUT2D eigenvalue weighted by Crippen LogP contribution is -2.54. The zero-order chi connectivity index (χ0) is 15.0. The minimum Gasteiger partial charge on any atom is -0.480 e. The highest BCUT2D eigenvalue weighted by Gasteiger charge is 2.35. The third-order valence-electron chi connectivity index (χ3n) is 4.45. The lowest BCUT2D eigenvalue weighted by atomic mass is 9.92. The van der Waals surface area contributed by atoms with Crippen LogP contribution in [0.15, 0.2) is 0 Å². The van der Waals surface area contributed by atoms with Crippen LogP contribution in [0.1, 0.15) is 65.7 Å². The Morgan fingerprint density at radius 2 is 1.80 bits per heavy atom. The lowest BCUT2D eigenvalue weighted by Gasteiger charge is -2.36. The molecule has 1 saturated heterocycles. The molecule has 0 aliphatic carbocycles. The molecule has 0 radical (unpaired) electrons. The maximum Gasteiger partial charge on any atom is 0.323 e. The minimum absolute atomic E-state index is 0.318. The van der Waals surface area contributed by atoms with E-state index in [1.807, 2.05) is 6.92 Å². The summed E-state index contributed by atoms with van der Waals surface area (Å²) in [5.41, 5.74) is -0.808. The molecular weight excluding hydrogens is 252 g/mol. The summed E-state index contributed by atoms with van der Waals surface area (Å²) >= 11 is 0. The highest BCUT2D eigenvalue weighted by molar-refractivity contribution is 5.78. The maximum absolute atomic E-state index is 11.6. The first-order valence-electron chi connectivity index (χ1n) is 8.22. The molecule has 0 aromatic heterocycles. The van der Waals surface area contributed by atoms with Gasteiger partial charge in [-0.25, -0.2) is 0 Å². The van der Waals surface area contributed by atoms with Crippen molar-refractivity contribution in [1.29, 1.82) is 0 Å². The fraction of sp³-hybridized carbons (Fsp3) is 0.938. The van der Waals surface area contributed by atoms with Gasteiger partial charge in [0, 0.05) is 6.04 Å². The Morgan fingerprint density at radius 1 is 1.25 bits per heavy atom. The number of carboxylic acids is 1. The van der Waals surface area contributed by atoms with Crippen LogP contribution in [-0.4, -0.2) is 47.2 Å². The number of carboxylic acid groups (broad SMARTS) is 1.